The molecule has 5 nitrogen and oxygen atoms in total. The Hall–Kier alpha value is -1.10. The summed E-state index contributed by atoms with van der Waals surface area (Å²) < 4.78 is 0. The molecule has 0 radical (unpaired) electrons. The summed E-state index contributed by atoms with van der Waals surface area (Å²) in [6, 6.07) is -0.827. The van der Waals surface area contributed by atoms with Crippen LogP contribution in [-0.4, -0.2) is 29.6 Å². The van der Waals surface area contributed by atoms with E-state index in [1.807, 2.05) is 0 Å². The zero-order chi connectivity index (χ0) is 13.1. The van der Waals surface area contributed by atoms with Gasteiger partial charge in [-0.25, -0.2) is 4.79 Å². The summed E-state index contributed by atoms with van der Waals surface area (Å²) in [5.74, 6) is -1.32. The highest BCUT2D eigenvalue weighted by Gasteiger charge is 2.41. The van der Waals surface area contributed by atoms with E-state index >= 15 is 0 Å². The average molecular weight is 242 g/mol. The zero-order valence-electron chi connectivity index (χ0n) is 10.5. The quantitative estimate of drug-likeness (QED) is 0.662. The number of nitrogens with one attached hydrogen (secondary N) is 1. The predicted molar refractivity (Wildman–Crippen MR) is 64.4 cm³/mol. The van der Waals surface area contributed by atoms with Gasteiger partial charge in [0.05, 0.1) is 5.41 Å². The van der Waals surface area contributed by atoms with Gasteiger partial charge in [0.25, 0.3) is 0 Å². The van der Waals surface area contributed by atoms with E-state index in [2.05, 4.69) is 5.32 Å². The molecule has 0 heterocycles. The van der Waals surface area contributed by atoms with Gasteiger partial charge < -0.3 is 16.2 Å². The number of carbonyl (C=O) groups excluding carboxylic acids is 1. The van der Waals surface area contributed by atoms with E-state index < -0.39 is 17.4 Å². The van der Waals surface area contributed by atoms with Gasteiger partial charge in [-0.3, -0.25) is 4.79 Å². The Balaban J connectivity index is 2.72. The van der Waals surface area contributed by atoms with Crippen LogP contribution in [0.5, 0.6) is 0 Å². The molecule has 1 unspecified atom stereocenters. The van der Waals surface area contributed by atoms with Crippen LogP contribution < -0.4 is 11.1 Å². The molecule has 1 atom stereocenters. The number of rotatable bonds is 5. The molecule has 1 amide bonds. The second-order valence-electron chi connectivity index (χ2n) is 5.22. The highest BCUT2D eigenvalue weighted by atomic mass is 16.4. The monoisotopic (exact) mass is 242 g/mol. The first kappa shape index (κ1) is 14.0. The van der Waals surface area contributed by atoms with Crippen molar-refractivity contribution >= 4 is 11.9 Å². The van der Waals surface area contributed by atoms with E-state index in [1.165, 1.54) is 0 Å². The van der Waals surface area contributed by atoms with Crippen LogP contribution in [-0.2, 0) is 9.59 Å². The molecular weight excluding hydrogens is 220 g/mol. The Morgan fingerprint density at radius 1 is 1.35 bits per heavy atom. The van der Waals surface area contributed by atoms with Gasteiger partial charge in [-0.15, -0.1) is 0 Å². The lowest BCUT2D eigenvalue weighted by Crippen LogP contribution is -2.52. The lowest BCUT2D eigenvalue weighted by Gasteiger charge is -2.28. The number of carboxylic acid groups (broad SMARTS) is 1. The Labute approximate surface area is 102 Å². The minimum Gasteiger partial charge on any atom is -0.480 e. The zero-order valence-corrected chi connectivity index (χ0v) is 10.5. The summed E-state index contributed by atoms with van der Waals surface area (Å²) in [6.07, 6.45) is 3.51. The fraction of sp³-hybridized carbons (Fsp3) is 0.833. The van der Waals surface area contributed by atoms with Crippen molar-refractivity contribution in [1.29, 1.82) is 0 Å². The highest BCUT2D eigenvalue weighted by Crippen LogP contribution is 2.37. The Kier molecular flexibility index (Phi) is 4.51. The van der Waals surface area contributed by atoms with E-state index in [0.29, 0.717) is 6.54 Å². The molecule has 4 N–H and O–H groups in total. The van der Waals surface area contributed by atoms with Gasteiger partial charge >= 0.3 is 5.97 Å². The maximum atomic E-state index is 12.2. The van der Waals surface area contributed by atoms with Crippen LogP contribution in [0.25, 0.3) is 0 Å². The van der Waals surface area contributed by atoms with Crippen molar-refractivity contribution in [3.8, 4) is 0 Å². The van der Waals surface area contributed by atoms with Crippen molar-refractivity contribution in [2.24, 2.45) is 17.1 Å². The van der Waals surface area contributed by atoms with Crippen LogP contribution in [0.3, 0.4) is 0 Å². The van der Waals surface area contributed by atoms with Crippen LogP contribution in [0.1, 0.15) is 39.5 Å². The molecule has 0 aromatic heterocycles. The van der Waals surface area contributed by atoms with Gasteiger partial charge in [0.15, 0.2) is 0 Å². The summed E-state index contributed by atoms with van der Waals surface area (Å²) in [5, 5.41) is 11.7. The average Bonchev–Trinajstić information content (AvgIpc) is 2.74. The summed E-state index contributed by atoms with van der Waals surface area (Å²) >= 11 is 0. The topological polar surface area (TPSA) is 92.4 Å². The largest absolute Gasteiger partial charge is 0.480 e. The number of carbonyl (C=O) groups is 2. The second kappa shape index (κ2) is 5.49. The fourth-order valence-electron chi connectivity index (χ4n) is 2.38. The predicted octanol–water partition coefficient (Wildman–Crippen LogP) is 0.731. The van der Waals surface area contributed by atoms with Gasteiger partial charge in [0.1, 0.15) is 6.04 Å². The number of aliphatic carboxylic acids is 1. The fourth-order valence-corrected chi connectivity index (χ4v) is 2.38. The molecule has 0 aromatic rings. The van der Waals surface area contributed by atoms with Crippen LogP contribution in [0.2, 0.25) is 0 Å². The van der Waals surface area contributed by atoms with Crippen molar-refractivity contribution in [3.05, 3.63) is 0 Å². The molecule has 0 saturated heterocycles. The maximum absolute atomic E-state index is 12.2. The van der Waals surface area contributed by atoms with Crippen LogP contribution in [0.4, 0.5) is 0 Å². The molecule has 98 valence electrons. The van der Waals surface area contributed by atoms with Crippen molar-refractivity contribution in [2.45, 2.75) is 45.6 Å². The Morgan fingerprint density at radius 2 is 1.88 bits per heavy atom. The molecule has 0 spiro atoms. The molecule has 1 rings (SSSR count). The first-order valence-electron chi connectivity index (χ1n) is 6.17. The minimum absolute atomic E-state index is 0.132. The van der Waals surface area contributed by atoms with Crippen molar-refractivity contribution in [2.75, 3.05) is 6.54 Å². The third-order valence-electron chi connectivity index (χ3n) is 3.65. The van der Waals surface area contributed by atoms with Crippen molar-refractivity contribution in [1.82, 2.24) is 5.32 Å². The maximum Gasteiger partial charge on any atom is 0.326 e. The molecule has 1 fully saturated rings. The SMILES string of the molecule is CC(C)C(NC(=O)C1(CN)CCCC1)C(=O)O. The second-order valence-corrected chi connectivity index (χ2v) is 5.22. The van der Waals surface area contributed by atoms with E-state index in [4.69, 9.17) is 10.8 Å². The molecule has 1 saturated carbocycles. The third-order valence-corrected chi connectivity index (χ3v) is 3.65. The minimum atomic E-state index is -0.987. The number of carboxylic acids is 1. The molecule has 0 bridgehead atoms. The number of hydrogen-bond donors (Lipinski definition) is 3. The van der Waals surface area contributed by atoms with Gasteiger partial charge in [-0.2, -0.15) is 0 Å². The molecule has 1 aliphatic carbocycles. The summed E-state index contributed by atoms with van der Waals surface area (Å²) in [4.78, 5) is 23.2. The van der Waals surface area contributed by atoms with E-state index in [9.17, 15) is 9.59 Å². The summed E-state index contributed by atoms with van der Waals surface area (Å²) in [7, 11) is 0. The molecule has 5 heteroatoms. The van der Waals surface area contributed by atoms with Gasteiger partial charge in [-0.1, -0.05) is 26.7 Å². The van der Waals surface area contributed by atoms with Crippen LogP contribution in [0, 0.1) is 11.3 Å². The number of nitrogens with two attached hydrogens (primary N) is 1. The van der Waals surface area contributed by atoms with E-state index in [1.54, 1.807) is 13.8 Å². The molecule has 1 aliphatic rings. The van der Waals surface area contributed by atoms with Gasteiger partial charge in [0.2, 0.25) is 5.91 Å². The lowest BCUT2D eigenvalue weighted by molar-refractivity contribution is -0.145. The highest BCUT2D eigenvalue weighted by molar-refractivity contribution is 5.88. The molecule has 0 aliphatic heterocycles. The van der Waals surface area contributed by atoms with Crippen molar-refractivity contribution in [3.63, 3.8) is 0 Å². The van der Waals surface area contributed by atoms with E-state index in [0.717, 1.165) is 25.7 Å². The third kappa shape index (κ3) is 2.97. The number of hydrogen-bond acceptors (Lipinski definition) is 3. The number of amides is 1. The first-order chi connectivity index (χ1) is 7.93. The molecular formula is C12H22N2O3. The van der Waals surface area contributed by atoms with Crippen LogP contribution >= 0.6 is 0 Å². The van der Waals surface area contributed by atoms with Gasteiger partial charge in [0, 0.05) is 6.54 Å². The van der Waals surface area contributed by atoms with Crippen LogP contribution in [0.15, 0.2) is 0 Å². The normalized spacial score (nSPS) is 20.2. The summed E-state index contributed by atoms with van der Waals surface area (Å²) in [5.41, 5.74) is 5.15. The first-order valence-corrected chi connectivity index (χ1v) is 6.17. The standard InChI is InChI=1S/C12H22N2O3/c1-8(2)9(10(15)16)14-11(17)12(7-13)5-3-4-6-12/h8-9H,3-7,13H2,1-2H3,(H,14,17)(H,15,16). The smallest absolute Gasteiger partial charge is 0.326 e. The molecule has 0 aromatic carbocycles. The van der Waals surface area contributed by atoms with Gasteiger partial charge in [-0.05, 0) is 18.8 Å². The lowest BCUT2D eigenvalue weighted by atomic mass is 9.84. The van der Waals surface area contributed by atoms with Crippen molar-refractivity contribution < 1.29 is 14.7 Å². The van der Waals surface area contributed by atoms with E-state index in [-0.39, 0.29) is 11.8 Å². The summed E-state index contributed by atoms with van der Waals surface area (Å²) in [6.45, 7) is 3.86. The molecule has 17 heavy (non-hydrogen) atoms. The Morgan fingerprint density at radius 3 is 2.24 bits per heavy atom. The Bertz CT molecular complexity index is 296.